The molecule has 0 aromatic carbocycles. The van der Waals surface area contributed by atoms with Gasteiger partial charge in [0.25, 0.3) is 0 Å². The molecule has 0 radical (unpaired) electrons. The monoisotopic (exact) mass is 139 g/mol. The Hall–Kier alpha value is -0.370. The molecule has 0 heterocycles. The largest absolute Gasteiger partial charge is 0.384 e. The van der Waals surface area contributed by atoms with Crippen LogP contribution in [-0.2, 0) is 0 Å². The molecule has 10 heavy (non-hydrogen) atoms. The molecule has 2 N–H and O–H groups in total. The van der Waals surface area contributed by atoms with Crippen LogP contribution in [0.4, 0.5) is 0 Å². The van der Waals surface area contributed by atoms with E-state index in [0.717, 1.165) is 32.1 Å². The normalized spacial score (nSPS) is 46.1. The van der Waals surface area contributed by atoms with Crippen molar-refractivity contribution in [3.63, 3.8) is 0 Å². The fourth-order valence-corrected chi connectivity index (χ4v) is 2.38. The second-order valence-corrected chi connectivity index (χ2v) is 3.53. The first-order valence-electron chi connectivity index (χ1n) is 4.04. The van der Waals surface area contributed by atoms with E-state index in [-0.39, 0.29) is 0 Å². The Morgan fingerprint density at radius 1 is 1.50 bits per heavy atom. The summed E-state index contributed by atoms with van der Waals surface area (Å²) in [6, 6.07) is 0. The molecule has 2 nitrogen and oxygen atoms in total. The predicted octanol–water partition coefficient (Wildman–Crippen LogP) is 1.33. The summed E-state index contributed by atoms with van der Waals surface area (Å²) in [5.41, 5.74) is -0.0602. The molecule has 0 aromatic heterocycles. The number of hydrogen-bond donors (Lipinski definition) is 2. The minimum Gasteiger partial charge on any atom is -0.384 e. The molecular weight excluding hydrogens is 126 g/mol. The molecule has 2 aliphatic carbocycles. The fourth-order valence-electron chi connectivity index (χ4n) is 2.38. The van der Waals surface area contributed by atoms with Gasteiger partial charge in [-0.2, -0.15) is 0 Å². The SMILES string of the molecule is N=C1CCC2CCCC12O. The van der Waals surface area contributed by atoms with Crippen LogP contribution in [0.2, 0.25) is 0 Å². The Morgan fingerprint density at radius 2 is 2.30 bits per heavy atom. The van der Waals surface area contributed by atoms with Crippen LogP contribution >= 0.6 is 0 Å². The third-order valence-corrected chi connectivity index (χ3v) is 3.05. The highest BCUT2D eigenvalue weighted by Crippen LogP contribution is 2.45. The number of rotatable bonds is 0. The maximum Gasteiger partial charge on any atom is 0.105 e. The van der Waals surface area contributed by atoms with Crippen molar-refractivity contribution in [3.05, 3.63) is 0 Å². The lowest BCUT2D eigenvalue weighted by Crippen LogP contribution is -2.35. The summed E-state index contributed by atoms with van der Waals surface area (Å²) in [5, 5.41) is 17.4. The highest BCUT2D eigenvalue weighted by Gasteiger charge is 2.48. The zero-order valence-corrected chi connectivity index (χ0v) is 6.06. The second-order valence-electron chi connectivity index (χ2n) is 3.53. The molecule has 0 aliphatic heterocycles. The summed E-state index contributed by atoms with van der Waals surface area (Å²) in [4.78, 5) is 0. The number of fused-ring (bicyclic) bond motifs is 1. The Labute approximate surface area is 60.8 Å². The molecule has 2 saturated carbocycles. The minimum atomic E-state index is -0.653. The highest BCUT2D eigenvalue weighted by atomic mass is 16.3. The van der Waals surface area contributed by atoms with Crippen molar-refractivity contribution in [1.29, 1.82) is 5.41 Å². The van der Waals surface area contributed by atoms with Crippen molar-refractivity contribution >= 4 is 5.71 Å². The Bertz CT molecular complexity index is 178. The van der Waals surface area contributed by atoms with Crippen molar-refractivity contribution in [2.24, 2.45) is 5.92 Å². The van der Waals surface area contributed by atoms with Gasteiger partial charge < -0.3 is 10.5 Å². The van der Waals surface area contributed by atoms with Crippen molar-refractivity contribution < 1.29 is 5.11 Å². The minimum absolute atomic E-state index is 0.431. The molecule has 2 unspecified atom stereocenters. The van der Waals surface area contributed by atoms with Crippen molar-refractivity contribution in [2.75, 3.05) is 0 Å². The average molecular weight is 139 g/mol. The summed E-state index contributed by atoms with van der Waals surface area (Å²) < 4.78 is 0. The van der Waals surface area contributed by atoms with Crippen LogP contribution in [0.1, 0.15) is 32.1 Å². The standard InChI is InChI=1S/C8H13NO/c9-7-4-3-6-2-1-5-8(6,7)10/h6,9-10H,1-5H2. The van der Waals surface area contributed by atoms with Gasteiger partial charge in [0, 0.05) is 5.71 Å². The van der Waals surface area contributed by atoms with Gasteiger partial charge in [-0.15, -0.1) is 0 Å². The molecule has 0 bridgehead atoms. The van der Waals surface area contributed by atoms with E-state index in [1.807, 2.05) is 0 Å². The lowest BCUT2D eigenvalue weighted by molar-refractivity contribution is 0.0833. The van der Waals surface area contributed by atoms with Gasteiger partial charge >= 0.3 is 0 Å². The molecule has 56 valence electrons. The van der Waals surface area contributed by atoms with E-state index in [1.54, 1.807) is 0 Å². The first kappa shape index (κ1) is 6.35. The summed E-state index contributed by atoms with van der Waals surface area (Å²) in [5.74, 6) is 0.431. The van der Waals surface area contributed by atoms with E-state index in [0.29, 0.717) is 11.6 Å². The summed E-state index contributed by atoms with van der Waals surface area (Å²) in [6.45, 7) is 0. The van der Waals surface area contributed by atoms with Crippen LogP contribution in [-0.4, -0.2) is 16.4 Å². The second kappa shape index (κ2) is 1.82. The van der Waals surface area contributed by atoms with Crippen LogP contribution in [0.3, 0.4) is 0 Å². The number of nitrogens with one attached hydrogen (secondary N) is 1. The molecule has 2 aliphatic rings. The predicted molar refractivity (Wildman–Crippen MR) is 39.3 cm³/mol. The topological polar surface area (TPSA) is 44.1 Å². The molecule has 2 rings (SSSR count). The molecule has 2 fully saturated rings. The molecule has 0 saturated heterocycles. The van der Waals surface area contributed by atoms with Crippen molar-refractivity contribution in [2.45, 2.75) is 37.7 Å². The van der Waals surface area contributed by atoms with Crippen LogP contribution in [0, 0.1) is 11.3 Å². The highest BCUT2D eigenvalue weighted by molar-refractivity contribution is 5.92. The molecule has 0 spiro atoms. The smallest absolute Gasteiger partial charge is 0.105 e. The van der Waals surface area contributed by atoms with Gasteiger partial charge in [-0.25, -0.2) is 0 Å². The quantitative estimate of drug-likeness (QED) is 0.522. The number of hydrogen-bond acceptors (Lipinski definition) is 2. The number of aliphatic hydroxyl groups is 1. The maximum atomic E-state index is 9.88. The van der Waals surface area contributed by atoms with Crippen LogP contribution in [0.25, 0.3) is 0 Å². The molecule has 2 heteroatoms. The van der Waals surface area contributed by atoms with Gasteiger partial charge in [0.1, 0.15) is 5.60 Å². The summed E-state index contributed by atoms with van der Waals surface area (Å²) in [6.07, 6.45) is 4.98. The van der Waals surface area contributed by atoms with Gasteiger partial charge in [0.2, 0.25) is 0 Å². The maximum absolute atomic E-state index is 9.88. The lowest BCUT2D eigenvalue weighted by atomic mass is 9.94. The van der Waals surface area contributed by atoms with E-state index in [1.165, 1.54) is 0 Å². The first-order chi connectivity index (χ1) is 4.73. The van der Waals surface area contributed by atoms with E-state index in [9.17, 15) is 5.11 Å². The van der Waals surface area contributed by atoms with Crippen LogP contribution < -0.4 is 0 Å². The third-order valence-electron chi connectivity index (χ3n) is 3.05. The van der Waals surface area contributed by atoms with Gasteiger partial charge in [0.05, 0.1) is 0 Å². The Kier molecular flexibility index (Phi) is 1.15. The third kappa shape index (κ3) is 0.601. The lowest BCUT2D eigenvalue weighted by Gasteiger charge is -2.21. The Morgan fingerprint density at radius 3 is 3.00 bits per heavy atom. The summed E-state index contributed by atoms with van der Waals surface area (Å²) >= 11 is 0. The zero-order chi connectivity index (χ0) is 7.19. The average Bonchev–Trinajstić information content (AvgIpc) is 2.36. The van der Waals surface area contributed by atoms with E-state index in [4.69, 9.17) is 5.41 Å². The van der Waals surface area contributed by atoms with Gasteiger partial charge in [-0.3, -0.25) is 0 Å². The first-order valence-corrected chi connectivity index (χ1v) is 4.04. The van der Waals surface area contributed by atoms with Crippen molar-refractivity contribution in [3.8, 4) is 0 Å². The Balaban J connectivity index is 2.30. The van der Waals surface area contributed by atoms with Crippen LogP contribution in [0.5, 0.6) is 0 Å². The van der Waals surface area contributed by atoms with Crippen LogP contribution in [0.15, 0.2) is 0 Å². The van der Waals surface area contributed by atoms with Crippen molar-refractivity contribution in [1.82, 2.24) is 0 Å². The van der Waals surface area contributed by atoms with E-state index >= 15 is 0 Å². The van der Waals surface area contributed by atoms with E-state index < -0.39 is 5.60 Å². The summed E-state index contributed by atoms with van der Waals surface area (Å²) in [7, 11) is 0. The van der Waals surface area contributed by atoms with Gasteiger partial charge in [-0.1, -0.05) is 0 Å². The molecular formula is C8H13NO. The fraction of sp³-hybridized carbons (Fsp3) is 0.875. The molecule has 0 amide bonds. The molecule has 2 atom stereocenters. The van der Waals surface area contributed by atoms with Gasteiger partial charge in [-0.05, 0) is 38.0 Å². The van der Waals surface area contributed by atoms with E-state index in [2.05, 4.69) is 0 Å². The molecule has 0 aromatic rings. The zero-order valence-electron chi connectivity index (χ0n) is 6.06. The van der Waals surface area contributed by atoms with Gasteiger partial charge in [0.15, 0.2) is 0 Å².